The molecule has 0 saturated heterocycles. The normalized spacial score (nSPS) is 12.2. The zero-order chi connectivity index (χ0) is 15.0. The molecule has 1 aromatic carbocycles. The minimum absolute atomic E-state index is 0.0301. The third kappa shape index (κ3) is 5.94. The molecule has 0 aliphatic heterocycles. The van der Waals surface area contributed by atoms with Gasteiger partial charge in [0.2, 0.25) is 5.91 Å². The zero-order valence-corrected chi connectivity index (χ0v) is 13.3. The number of anilines is 1. The summed E-state index contributed by atoms with van der Waals surface area (Å²) in [6, 6.07) is 6.05. The second kappa shape index (κ2) is 9.00. The van der Waals surface area contributed by atoms with Gasteiger partial charge >= 0.3 is 0 Å². The van der Waals surface area contributed by atoms with E-state index < -0.39 is 0 Å². The molecule has 0 fully saturated rings. The van der Waals surface area contributed by atoms with E-state index in [2.05, 4.69) is 5.32 Å². The Kier molecular flexibility index (Phi) is 7.65. The molecule has 1 atom stereocenters. The van der Waals surface area contributed by atoms with Crippen LogP contribution in [0.5, 0.6) is 0 Å². The molecule has 1 amide bonds. The first kappa shape index (κ1) is 17.0. The Morgan fingerprint density at radius 2 is 2.15 bits per heavy atom. The number of thioether (sulfide) groups is 1. The summed E-state index contributed by atoms with van der Waals surface area (Å²) in [6.45, 7) is 7.66. The lowest BCUT2D eigenvalue weighted by Crippen LogP contribution is -2.24. The Bertz CT molecular complexity index is 438. The van der Waals surface area contributed by atoms with Crippen LogP contribution in [0.4, 0.5) is 5.69 Å². The van der Waals surface area contributed by atoms with Gasteiger partial charge in [-0.3, -0.25) is 4.79 Å². The molecule has 1 rings (SSSR count). The molecule has 112 valence electrons. The second-order valence-electron chi connectivity index (χ2n) is 4.72. The summed E-state index contributed by atoms with van der Waals surface area (Å²) in [6.07, 6.45) is 0. The van der Waals surface area contributed by atoms with E-state index in [0.29, 0.717) is 19.8 Å². The van der Waals surface area contributed by atoms with Crippen molar-refractivity contribution in [3.8, 4) is 0 Å². The van der Waals surface area contributed by atoms with Crippen LogP contribution in [0.2, 0.25) is 0 Å². The average molecular weight is 296 g/mol. The average Bonchev–Trinajstić information content (AvgIpc) is 2.42. The Balaban J connectivity index is 2.39. The topological polar surface area (TPSA) is 64.3 Å². The van der Waals surface area contributed by atoms with Crippen LogP contribution in [0.3, 0.4) is 0 Å². The number of hydrogen-bond donors (Lipinski definition) is 2. The molecule has 3 N–H and O–H groups in total. The molecular formula is C15H24N2O2S. The number of hydrogen-bond acceptors (Lipinski definition) is 4. The molecule has 4 nitrogen and oxygen atoms in total. The summed E-state index contributed by atoms with van der Waals surface area (Å²) < 4.78 is 5.29. The number of nitrogens with two attached hydrogens (primary N) is 1. The fourth-order valence-electron chi connectivity index (χ4n) is 1.65. The first-order chi connectivity index (χ1) is 9.54. The van der Waals surface area contributed by atoms with Gasteiger partial charge in [0.1, 0.15) is 0 Å². The van der Waals surface area contributed by atoms with Gasteiger partial charge in [0, 0.05) is 18.0 Å². The smallest absolute Gasteiger partial charge is 0.237 e. The molecule has 0 aliphatic rings. The molecule has 0 radical (unpaired) electrons. The summed E-state index contributed by atoms with van der Waals surface area (Å²) in [5, 5.41) is 2.88. The molecule has 5 heteroatoms. The molecule has 0 saturated carbocycles. The van der Waals surface area contributed by atoms with Gasteiger partial charge in [0.25, 0.3) is 0 Å². The number of benzene rings is 1. The van der Waals surface area contributed by atoms with Gasteiger partial charge in [-0.05, 0) is 38.0 Å². The van der Waals surface area contributed by atoms with E-state index >= 15 is 0 Å². The highest BCUT2D eigenvalue weighted by Crippen LogP contribution is 2.19. The Morgan fingerprint density at radius 3 is 2.85 bits per heavy atom. The molecule has 1 aromatic rings. The maximum atomic E-state index is 12.1. The Morgan fingerprint density at radius 1 is 1.40 bits per heavy atom. The quantitative estimate of drug-likeness (QED) is 0.723. The molecule has 0 heterocycles. The van der Waals surface area contributed by atoms with Crippen molar-refractivity contribution in [1.82, 2.24) is 0 Å². The van der Waals surface area contributed by atoms with Crippen molar-refractivity contribution < 1.29 is 9.53 Å². The molecule has 0 aliphatic carbocycles. The third-order valence-corrected chi connectivity index (χ3v) is 3.99. The van der Waals surface area contributed by atoms with Crippen LogP contribution in [0, 0.1) is 13.8 Å². The number of amides is 1. The molecule has 0 spiro atoms. The van der Waals surface area contributed by atoms with Crippen molar-refractivity contribution >= 4 is 23.4 Å². The van der Waals surface area contributed by atoms with Crippen LogP contribution < -0.4 is 11.1 Å². The van der Waals surface area contributed by atoms with Gasteiger partial charge in [0.05, 0.1) is 18.5 Å². The highest BCUT2D eigenvalue weighted by molar-refractivity contribution is 8.00. The number of carbonyl (C=O) groups excluding carboxylic acids is 1. The van der Waals surface area contributed by atoms with Crippen LogP contribution in [-0.4, -0.2) is 36.7 Å². The molecule has 0 bridgehead atoms. The van der Waals surface area contributed by atoms with Crippen LogP contribution in [0.15, 0.2) is 18.2 Å². The number of nitrogens with one attached hydrogen (secondary N) is 1. The van der Waals surface area contributed by atoms with Gasteiger partial charge < -0.3 is 15.8 Å². The van der Waals surface area contributed by atoms with E-state index in [1.54, 1.807) is 11.8 Å². The van der Waals surface area contributed by atoms with Crippen LogP contribution in [-0.2, 0) is 9.53 Å². The SMILES string of the molecule is Cc1ccc(C)c(NC(=O)C(C)SCCOCCN)c1. The van der Waals surface area contributed by atoms with E-state index in [1.165, 1.54) is 0 Å². The van der Waals surface area contributed by atoms with E-state index in [-0.39, 0.29) is 11.2 Å². The van der Waals surface area contributed by atoms with Crippen molar-refractivity contribution in [3.63, 3.8) is 0 Å². The summed E-state index contributed by atoms with van der Waals surface area (Å²) in [5.74, 6) is 0.823. The van der Waals surface area contributed by atoms with E-state index in [9.17, 15) is 4.79 Å². The molecule has 1 unspecified atom stereocenters. The number of carbonyl (C=O) groups is 1. The maximum absolute atomic E-state index is 12.1. The van der Waals surface area contributed by atoms with Gasteiger partial charge in [-0.2, -0.15) is 0 Å². The highest BCUT2D eigenvalue weighted by Gasteiger charge is 2.14. The summed E-state index contributed by atoms with van der Waals surface area (Å²) in [7, 11) is 0. The van der Waals surface area contributed by atoms with E-state index in [0.717, 1.165) is 22.6 Å². The van der Waals surface area contributed by atoms with Crippen LogP contribution in [0.1, 0.15) is 18.1 Å². The predicted molar refractivity (Wildman–Crippen MR) is 86.3 cm³/mol. The summed E-state index contributed by atoms with van der Waals surface area (Å²) in [5.41, 5.74) is 8.44. The van der Waals surface area contributed by atoms with Gasteiger partial charge in [-0.25, -0.2) is 0 Å². The number of aryl methyl sites for hydroxylation is 2. The minimum atomic E-state index is -0.101. The first-order valence-electron chi connectivity index (χ1n) is 6.82. The summed E-state index contributed by atoms with van der Waals surface area (Å²) in [4.78, 5) is 12.1. The van der Waals surface area contributed by atoms with E-state index in [4.69, 9.17) is 10.5 Å². The standard InChI is InChI=1S/C15H24N2O2S/c1-11-4-5-12(2)14(10-11)17-15(18)13(3)20-9-8-19-7-6-16/h4-5,10,13H,6-9,16H2,1-3H3,(H,17,18). The number of rotatable bonds is 8. The number of ether oxygens (including phenoxy) is 1. The lowest BCUT2D eigenvalue weighted by atomic mass is 10.1. The second-order valence-corrected chi connectivity index (χ2v) is 6.17. The van der Waals surface area contributed by atoms with Crippen LogP contribution in [0.25, 0.3) is 0 Å². The predicted octanol–water partition coefficient (Wildman–Crippen LogP) is 2.34. The lowest BCUT2D eigenvalue weighted by Gasteiger charge is -2.14. The van der Waals surface area contributed by atoms with Crippen molar-refractivity contribution in [2.75, 3.05) is 30.8 Å². The minimum Gasteiger partial charge on any atom is -0.379 e. The first-order valence-corrected chi connectivity index (χ1v) is 7.87. The van der Waals surface area contributed by atoms with E-state index in [1.807, 2.05) is 39.0 Å². The van der Waals surface area contributed by atoms with Gasteiger partial charge in [0.15, 0.2) is 0 Å². The van der Waals surface area contributed by atoms with Crippen molar-refractivity contribution in [2.45, 2.75) is 26.0 Å². The van der Waals surface area contributed by atoms with Crippen LogP contribution >= 0.6 is 11.8 Å². The fraction of sp³-hybridized carbons (Fsp3) is 0.533. The van der Waals surface area contributed by atoms with Gasteiger partial charge in [-0.15, -0.1) is 11.8 Å². The zero-order valence-electron chi connectivity index (χ0n) is 12.4. The van der Waals surface area contributed by atoms with Gasteiger partial charge in [-0.1, -0.05) is 12.1 Å². The fourth-order valence-corrected chi connectivity index (χ4v) is 2.43. The van der Waals surface area contributed by atoms with Crippen molar-refractivity contribution in [1.29, 1.82) is 0 Å². The largest absolute Gasteiger partial charge is 0.379 e. The van der Waals surface area contributed by atoms with Crippen molar-refractivity contribution in [2.24, 2.45) is 5.73 Å². The third-order valence-electron chi connectivity index (χ3n) is 2.88. The lowest BCUT2D eigenvalue weighted by molar-refractivity contribution is -0.115. The monoisotopic (exact) mass is 296 g/mol. The molecule has 0 aromatic heterocycles. The molecular weight excluding hydrogens is 272 g/mol. The maximum Gasteiger partial charge on any atom is 0.237 e. The Hall–Kier alpha value is -1.04. The van der Waals surface area contributed by atoms with Crippen molar-refractivity contribution in [3.05, 3.63) is 29.3 Å². The summed E-state index contributed by atoms with van der Waals surface area (Å²) >= 11 is 1.59. The highest BCUT2D eigenvalue weighted by atomic mass is 32.2. The molecule has 20 heavy (non-hydrogen) atoms. The Labute approximate surface area is 125 Å².